The number of benzene rings is 4. The molecule has 0 saturated heterocycles. The molecule has 0 radical (unpaired) electrons. The first-order valence-corrected chi connectivity index (χ1v) is 13.0. The van der Waals surface area contributed by atoms with Crippen molar-refractivity contribution < 1.29 is 23.1 Å². The van der Waals surface area contributed by atoms with Crippen LogP contribution in [0.2, 0.25) is 0 Å². The Balaban J connectivity index is 0.00000387. The quantitative estimate of drug-likeness (QED) is 0.241. The summed E-state index contributed by atoms with van der Waals surface area (Å²) in [6, 6.07) is 26.3. The van der Waals surface area contributed by atoms with Gasteiger partial charge in [0.25, 0.3) is 0 Å². The molecule has 4 aromatic rings. The summed E-state index contributed by atoms with van der Waals surface area (Å²) in [5, 5.41) is 5.54. The lowest BCUT2D eigenvalue weighted by Gasteiger charge is -2.15. The number of carbonyl (C=O) groups is 2. The first-order valence-electron chi connectivity index (χ1n) is 13.0. The van der Waals surface area contributed by atoms with E-state index in [1.165, 1.54) is 17.2 Å². The SMILES string of the molecule is Cl.N[C@@H](Cc1ccc(F)c(F)c1)C(=O)NCc1ccc(CNC(=O)OCC2c3ccccc3-c3ccccc32)cc1. The largest absolute Gasteiger partial charge is 0.449 e. The van der Waals surface area contributed by atoms with Crippen LogP contribution in [0.15, 0.2) is 91.0 Å². The van der Waals surface area contributed by atoms with E-state index >= 15 is 0 Å². The molecule has 9 heteroatoms. The fourth-order valence-electron chi connectivity index (χ4n) is 4.93. The van der Waals surface area contributed by atoms with Gasteiger partial charge in [0.2, 0.25) is 5.91 Å². The Morgan fingerprint density at radius 3 is 1.88 bits per heavy atom. The highest BCUT2D eigenvalue weighted by Crippen LogP contribution is 2.44. The van der Waals surface area contributed by atoms with E-state index in [2.05, 4.69) is 34.9 Å². The van der Waals surface area contributed by atoms with Gasteiger partial charge in [-0.3, -0.25) is 4.79 Å². The number of halogens is 3. The third-order valence-corrected chi connectivity index (χ3v) is 7.05. The fourth-order valence-corrected chi connectivity index (χ4v) is 4.93. The number of carbonyl (C=O) groups excluding carboxylic acids is 2. The van der Waals surface area contributed by atoms with Crippen LogP contribution >= 0.6 is 12.4 Å². The van der Waals surface area contributed by atoms with Crippen LogP contribution in [0.4, 0.5) is 13.6 Å². The van der Waals surface area contributed by atoms with Gasteiger partial charge in [0.1, 0.15) is 6.61 Å². The molecule has 1 aliphatic carbocycles. The average molecular weight is 578 g/mol. The minimum atomic E-state index is -0.974. The fraction of sp³-hybridized carbons (Fsp3) is 0.188. The molecule has 0 bridgehead atoms. The Morgan fingerprint density at radius 2 is 1.29 bits per heavy atom. The second-order valence-corrected chi connectivity index (χ2v) is 9.77. The van der Waals surface area contributed by atoms with Crippen molar-refractivity contribution >= 4 is 24.4 Å². The van der Waals surface area contributed by atoms with Gasteiger partial charge in [0.05, 0.1) is 6.04 Å². The van der Waals surface area contributed by atoms with Gasteiger partial charge in [0.15, 0.2) is 11.6 Å². The van der Waals surface area contributed by atoms with Gasteiger partial charge in [0, 0.05) is 19.0 Å². The Morgan fingerprint density at radius 1 is 0.756 bits per heavy atom. The zero-order valence-corrected chi connectivity index (χ0v) is 22.9. The van der Waals surface area contributed by atoms with E-state index in [9.17, 15) is 18.4 Å². The number of hydrogen-bond acceptors (Lipinski definition) is 4. The third kappa shape index (κ3) is 7.09. The van der Waals surface area contributed by atoms with Crippen LogP contribution < -0.4 is 16.4 Å². The number of hydrogen-bond donors (Lipinski definition) is 3. The Bertz CT molecular complexity index is 1490. The predicted molar refractivity (Wildman–Crippen MR) is 155 cm³/mol. The number of fused-ring (bicyclic) bond motifs is 3. The van der Waals surface area contributed by atoms with Gasteiger partial charge in [-0.25, -0.2) is 13.6 Å². The van der Waals surface area contributed by atoms with Crippen LogP contribution in [-0.4, -0.2) is 24.6 Å². The predicted octanol–water partition coefficient (Wildman–Crippen LogP) is 5.61. The van der Waals surface area contributed by atoms with Crippen molar-refractivity contribution in [2.45, 2.75) is 31.5 Å². The summed E-state index contributed by atoms with van der Waals surface area (Å²) in [6.07, 6.45) is -0.406. The van der Waals surface area contributed by atoms with Gasteiger partial charge in [-0.15, -0.1) is 12.4 Å². The van der Waals surface area contributed by atoms with Crippen LogP contribution in [0.1, 0.15) is 33.7 Å². The maximum atomic E-state index is 13.4. The maximum Gasteiger partial charge on any atom is 0.407 e. The van der Waals surface area contributed by atoms with Crippen molar-refractivity contribution in [1.82, 2.24) is 10.6 Å². The molecule has 4 N–H and O–H groups in total. The van der Waals surface area contributed by atoms with E-state index in [0.29, 0.717) is 12.1 Å². The van der Waals surface area contributed by atoms with Crippen molar-refractivity contribution in [3.63, 3.8) is 0 Å². The zero-order chi connectivity index (χ0) is 28.1. The van der Waals surface area contributed by atoms with E-state index in [1.54, 1.807) is 0 Å². The molecule has 0 aliphatic heterocycles. The second kappa shape index (κ2) is 13.4. The van der Waals surface area contributed by atoms with Crippen LogP contribution in [0.5, 0.6) is 0 Å². The van der Waals surface area contributed by atoms with E-state index in [-0.39, 0.29) is 37.9 Å². The summed E-state index contributed by atoms with van der Waals surface area (Å²) in [6.45, 7) is 0.795. The van der Waals surface area contributed by atoms with Gasteiger partial charge < -0.3 is 21.1 Å². The lowest BCUT2D eigenvalue weighted by atomic mass is 9.98. The summed E-state index contributed by atoms with van der Waals surface area (Å²) >= 11 is 0. The summed E-state index contributed by atoms with van der Waals surface area (Å²) in [4.78, 5) is 24.8. The number of nitrogens with one attached hydrogen (secondary N) is 2. The molecular formula is C32H30ClF2N3O3. The summed E-state index contributed by atoms with van der Waals surface area (Å²) in [7, 11) is 0. The molecule has 1 aliphatic rings. The van der Waals surface area contributed by atoms with Gasteiger partial charge in [-0.05, 0) is 57.5 Å². The standard InChI is InChI=1S/C32H29F2N3O3.ClH/c33-28-14-13-22(15-29(28)34)16-30(35)31(38)36-17-20-9-11-21(12-10-20)18-37-32(39)40-19-27-25-7-3-1-5-23(25)24-6-2-4-8-26(24)27;/h1-15,27,30H,16-19,35H2,(H,36,38)(H,37,39);1H/t30-;/m0./s1. The average Bonchev–Trinajstić information content (AvgIpc) is 3.29. The highest BCUT2D eigenvalue weighted by molar-refractivity contribution is 5.85. The minimum Gasteiger partial charge on any atom is -0.449 e. The number of alkyl carbamates (subject to hydrolysis) is 1. The Kier molecular flexibility index (Phi) is 9.70. The zero-order valence-electron chi connectivity index (χ0n) is 22.1. The highest BCUT2D eigenvalue weighted by Gasteiger charge is 2.29. The first kappa shape index (κ1) is 29.7. The minimum absolute atomic E-state index is 0. The normalized spacial score (nSPS) is 12.5. The molecule has 0 heterocycles. The van der Waals surface area contributed by atoms with Crippen LogP contribution in [-0.2, 0) is 29.0 Å². The van der Waals surface area contributed by atoms with Crippen LogP contribution in [0, 0.1) is 11.6 Å². The summed E-state index contributed by atoms with van der Waals surface area (Å²) in [5.74, 6) is -2.32. The van der Waals surface area contributed by atoms with Gasteiger partial charge >= 0.3 is 6.09 Å². The van der Waals surface area contributed by atoms with Crippen molar-refractivity contribution in [1.29, 1.82) is 0 Å². The lowest BCUT2D eigenvalue weighted by Crippen LogP contribution is -2.41. The number of nitrogens with two attached hydrogens (primary N) is 1. The van der Waals surface area contributed by atoms with Crippen molar-refractivity contribution in [2.24, 2.45) is 5.73 Å². The molecule has 0 spiro atoms. The molecule has 0 aromatic heterocycles. The molecular weight excluding hydrogens is 548 g/mol. The number of ether oxygens (including phenoxy) is 1. The first-order chi connectivity index (χ1) is 19.4. The Hall–Kier alpha value is -4.27. The molecule has 0 unspecified atom stereocenters. The number of amides is 2. The van der Waals surface area contributed by atoms with E-state index < -0.39 is 29.7 Å². The van der Waals surface area contributed by atoms with Crippen LogP contribution in [0.25, 0.3) is 11.1 Å². The van der Waals surface area contributed by atoms with Crippen molar-refractivity contribution in [3.8, 4) is 11.1 Å². The van der Waals surface area contributed by atoms with E-state index in [1.807, 2.05) is 48.5 Å². The summed E-state index contributed by atoms with van der Waals surface area (Å²) < 4.78 is 32.1. The molecule has 2 amide bonds. The van der Waals surface area contributed by atoms with E-state index in [4.69, 9.17) is 10.5 Å². The van der Waals surface area contributed by atoms with Crippen LogP contribution in [0.3, 0.4) is 0 Å². The van der Waals surface area contributed by atoms with Gasteiger partial charge in [-0.1, -0.05) is 78.9 Å². The molecule has 0 fully saturated rings. The van der Waals surface area contributed by atoms with Crippen molar-refractivity contribution in [3.05, 3.63) is 130 Å². The smallest absolute Gasteiger partial charge is 0.407 e. The second-order valence-electron chi connectivity index (χ2n) is 9.77. The third-order valence-electron chi connectivity index (χ3n) is 7.05. The molecule has 6 nitrogen and oxygen atoms in total. The molecule has 4 aromatic carbocycles. The Labute approximate surface area is 243 Å². The molecule has 1 atom stereocenters. The lowest BCUT2D eigenvalue weighted by molar-refractivity contribution is -0.122. The maximum absolute atomic E-state index is 13.4. The summed E-state index contributed by atoms with van der Waals surface area (Å²) in [5.41, 5.74) is 12.7. The molecule has 5 rings (SSSR count). The monoisotopic (exact) mass is 577 g/mol. The van der Waals surface area contributed by atoms with Gasteiger partial charge in [-0.2, -0.15) is 0 Å². The van der Waals surface area contributed by atoms with Crippen molar-refractivity contribution in [2.75, 3.05) is 6.61 Å². The molecule has 212 valence electrons. The molecule has 0 saturated carbocycles. The topological polar surface area (TPSA) is 93.5 Å². The highest BCUT2D eigenvalue weighted by atomic mass is 35.5. The number of rotatable bonds is 9. The molecule has 41 heavy (non-hydrogen) atoms. The van der Waals surface area contributed by atoms with E-state index in [0.717, 1.165) is 34.4 Å².